The van der Waals surface area contributed by atoms with Gasteiger partial charge in [0, 0.05) is 6.07 Å². The number of hydrogen-bond acceptors (Lipinski definition) is 2. The highest BCUT2D eigenvalue weighted by atomic mass is 35.5. The number of ether oxygens (including phenoxy) is 1. The molecule has 0 aliphatic heterocycles. The largest absolute Gasteiger partial charge is 0.573 e. The molecule has 0 aliphatic carbocycles. The minimum absolute atomic E-state index is 0.171. The van der Waals surface area contributed by atoms with Crippen molar-refractivity contribution in [2.45, 2.75) is 6.36 Å². The molecule has 0 spiro atoms. The lowest BCUT2D eigenvalue weighted by molar-refractivity contribution is -0.274. The average Bonchev–Trinajstić information content (AvgIpc) is 1.97. The molecule has 0 bridgehead atoms. The molecule has 0 amide bonds. The van der Waals surface area contributed by atoms with E-state index in [1.807, 2.05) is 0 Å². The smallest absolute Gasteiger partial charge is 0.402 e. The zero-order valence-electron chi connectivity index (χ0n) is 6.20. The molecule has 14 heavy (non-hydrogen) atoms. The number of rotatable bonds is 1. The van der Waals surface area contributed by atoms with Crippen LogP contribution in [0.3, 0.4) is 0 Å². The van der Waals surface area contributed by atoms with Gasteiger partial charge in [-0.05, 0) is 0 Å². The molecule has 0 radical (unpaired) electrons. The van der Waals surface area contributed by atoms with Crippen LogP contribution in [0, 0.1) is 0 Å². The van der Waals surface area contributed by atoms with Gasteiger partial charge in [-0.25, -0.2) is 4.98 Å². The second kappa shape index (κ2) is 4.00. The Hall–Kier alpha value is -0.390. The van der Waals surface area contributed by atoms with Crippen molar-refractivity contribution in [1.82, 2.24) is 4.98 Å². The van der Waals surface area contributed by atoms with Crippen LogP contribution in [0.15, 0.2) is 6.07 Å². The molecule has 2 nitrogen and oxygen atoms in total. The highest BCUT2D eigenvalue weighted by molar-refractivity contribution is 6.42. The van der Waals surface area contributed by atoms with Crippen LogP contribution < -0.4 is 4.74 Å². The molecule has 0 atom stereocenters. The molecule has 0 unspecified atom stereocenters. The van der Waals surface area contributed by atoms with Gasteiger partial charge >= 0.3 is 6.36 Å². The van der Waals surface area contributed by atoms with Crippen LogP contribution in [0.25, 0.3) is 0 Å². The lowest BCUT2D eigenvalue weighted by atomic mass is 10.4. The molecule has 0 N–H and O–H groups in total. The molecule has 0 fully saturated rings. The first-order valence-electron chi connectivity index (χ1n) is 3.07. The fraction of sp³-hybridized carbons (Fsp3) is 0.167. The molecular formula is C6HCl3F3NO. The van der Waals surface area contributed by atoms with Crippen molar-refractivity contribution in [2.75, 3.05) is 0 Å². The normalized spacial score (nSPS) is 11.6. The first-order chi connectivity index (χ1) is 6.29. The van der Waals surface area contributed by atoms with Crippen LogP contribution in [0.4, 0.5) is 13.2 Å². The minimum Gasteiger partial charge on any atom is -0.402 e. The van der Waals surface area contributed by atoms with Gasteiger partial charge in [0.15, 0.2) is 10.9 Å². The van der Waals surface area contributed by atoms with E-state index in [0.29, 0.717) is 0 Å². The quantitative estimate of drug-likeness (QED) is 0.718. The summed E-state index contributed by atoms with van der Waals surface area (Å²) in [6.07, 6.45) is -4.84. The van der Waals surface area contributed by atoms with E-state index in [2.05, 4.69) is 9.72 Å². The van der Waals surface area contributed by atoms with Crippen LogP contribution >= 0.6 is 34.8 Å². The first kappa shape index (κ1) is 11.7. The average molecular weight is 266 g/mol. The Morgan fingerprint density at radius 3 is 2.21 bits per heavy atom. The van der Waals surface area contributed by atoms with Gasteiger partial charge in [-0.1, -0.05) is 34.8 Å². The zero-order chi connectivity index (χ0) is 10.9. The third-order valence-electron chi connectivity index (χ3n) is 1.08. The molecule has 8 heteroatoms. The summed E-state index contributed by atoms with van der Waals surface area (Å²) in [5.41, 5.74) is 0. The Labute approximate surface area is 91.5 Å². The Morgan fingerprint density at radius 2 is 1.71 bits per heavy atom. The number of halogens is 6. The third-order valence-corrected chi connectivity index (χ3v) is 2.02. The fourth-order valence-electron chi connectivity index (χ4n) is 0.625. The van der Waals surface area contributed by atoms with Crippen molar-refractivity contribution in [1.29, 1.82) is 0 Å². The maximum atomic E-state index is 11.8. The zero-order valence-corrected chi connectivity index (χ0v) is 8.47. The van der Waals surface area contributed by atoms with Crippen LogP contribution in [0.2, 0.25) is 15.3 Å². The summed E-state index contributed by atoms with van der Waals surface area (Å²) in [6.45, 7) is 0. The molecule has 1 heterocycles. The minimum atomic E-state index is -4.84. The van der Waals surface area contributed by atoms with Gasteiger partial charge in [-0.2, -0.15) is 0 Å². The van der Waals surface area contributed by atoms with Gasteiger partial charge in [-0.3, -0.25) is 0 Å². The molecule has 0 aliphatic rings. The maximum absolute atomic E-state index is 11.8. The molecule has 1 aromatic heterocycles. The Kier molecular flexibility index (Phi) is 3.34. The standard InChI is InChI=1S/C6HCl3F3NO/c7-2-1-3(14-6(10,11)12)5(9)13-4(2)8/h1H. The van der Waals surface area contributed by atoms with Crippen molar-refractivity contribution in [3.63, 3.8) is 0 Å². The third kappa shape index (κ3) is 3.08. The van der Waals surface area contributed by atoms with E-state index in [1.54, 1.807) is 0 Å². The topological polar surface area (TPSA) is 22.1 Å². The predicted molar refractivity (Wildman–Crippen MR) is 46.0 cm³/mol. The van der Waals surface area contributed by atoms with Crippen molar-refractivity contribution < 1.29 is 17.9 Å². The second-order valence-corrected chi connectivity index (χ2v) is 3.22. The van der Waals surface area contributed by atoms with E-state index in [4.69, 9.17) is 34.8 Å². The number of pyridine rings is 1. The van der Waals surface area contributed by atoms with Gasteiger partial charge in [0.1, 0.15) is 5.15 Å². The summed E-state index contributed by atoms with van der Waals surface area (Å²) in [5, 5.41) is -0.863. The molecule has 1 aromatic rings. The number of alkyl halides is 3. The Morgan fingerprint density at radius 1 is 1.14 bits per heavy atom. The van der Waals surface area contributed by atoms with Gasteiger partial charge in [0.25, 0.3) is 0 Å². The number of nitrogens with zero attached hydrogens (tertiary/aromatic N) is 1. The summed E-state index contributed by atoms with van der Waals surface area (Å²) < 4.78 is 38.8. The summed E-state index contributed by atoms with van der Waals surface area (Å²) in [7, 11) is 0. The molecular weight excluding hydrogens is 265 g/mol. The van der Waals surface area contributed by atoms with Crippen LogP contribution in [0.1, 0.15) is 0 Å². The second-order valence-electron chi connectivity index (χ2n) is 2.10. The maximum Gasteiger partial charge on any atom is 0.573 e. The van der Waals surface area contributed by atoms with E-state index in [1.165, 1.54) is 0 Å². The van der Waals surface area contributed by atoms with Crippen molar-refractivity contribution in [3.05, 3.63) is 21.4 Å². The van der Waals surface area contributed by atoms with E-state index in [-0.39, 0.29) is 10.2 Å². The molecule has 1 rings (SSSR count). The molecule has 0 saturated heterocycles. The summed E-state index contributed by atoms with van der Waals surface area (Å²) in [6, 6.07) is 0.840. The lowest BCUT2D eigenvalue weighted by Crippen LogP contribution is -2.17. The summed E-state index contributed by atoms with van der Waals surface area (Å²) in [4.78, 5) is 3.33. The highest BCUT2D eigenvalue weighted by Crippen LogP contribution is 2.33. The Balaban J connectivity index is 3.04. The van der Waals surface area contributed by atoms with E-state index in [0.717, 1.165) is 6.07 Å². The van der Waals surface area contributed by atoms with Crippen LogP contribution in [-0.4, -0.2) is 11.3 Å². The van der Waals surface area contributed by atoms with Crippen LogP contribution in [-0.2, 0) is 0 Å². The van der Waals surface area contributed by atoms with E-state index < -0.39 is 17.3 Å². The molecule has 0 aromatic carbocycles. The molecule has 0 saturated carbocycles. The van der Waals surface area contributed by atoms with Gasteiger partial charge in [0.2, 0.25) is 0 Å². The number of aromatic nitrogens is 1. The van der Waals surface area contributed by atoms with Crippen molar-refractivity contribution in [2.24, 2.45) is 0 Å². The van der Waals surface area contributed by atoms with E-state index in [9.17, 15) is 13.2 Å². The number of hydrogen-bond donors (Lipinski definition) is 0. The summed E-state index contributed by atoms with van der Waals surface area (Å²) >= 11 is 16.1. The first-order valence-corrected chi connectivity index (χ1v) is 4.20. The van der Waals surface area contributed by atoms with Crippen LogP contribution in [0.5, 0.6) is 5.75 Å². The highest BCUT2D eigenvalue weighted by Gasteiger charge is 2.32. The van der Waals surface area contributed by atoms with E-state index >= 15 is 0 Å². The van der Waals surface area contributed by atoms with Crippen molar-refractivity contribution in [3.8, 4) is 5.75 Å². The molecule has 78 valence electrons. The van der Waals surface area contributed by atoms with Gasteiger partial charge < -0.3 is 4.74 Å². The fourth-order valence-corrected chi connectivity index (χ4v) is 1.13. The predicted octanol–water partition coefficient (Wildman–Crippen LogP) is 3.94. The summed E-state index contributed by atoms with van der Waals surface area (Å²) in [5.74, 6) is -0.687. The van der Waals surface area contributed by atoms with Gasteiger partial charge in [-0.15, -0.1) is 13.2 Å². The lowest BCUT2D eigenvalue weighted by Gasteiger charge is -2.10. The monoisotopic (exact) mass is 265 g/mol. The Bertz CT molecular complexity index is 355. The SMILES string of the molecule is FC(F)(F)Oc1cc(Cl)c(Cl)nc1Cl. The van der Waals surface area contributed by atoms with Crippen molar-refractivity contribution >= 4 is 34.8 Å². The van der Waals surface area contributed by atoms with Gasteiger partial charge in [0.05, 0.1) is 5.02 Å².